The van der Waals surface area contributed by atoms with Crippen molar-refractivity contribution in [2.45, 2.75) is 44.6 Å². The van der Waals surface area contributed by atoms with E-state index in [1.807, 2.05) is 13.0 Å². The lowest BCUT2D eigenvalue weighted by molar-refractivity contribution is -0.133. The fourth-order valence-electron chi connectivity index (χ4n) is 3.76. The molecule has 0 bridgehead atoms. The summed E-state index contributed by atoms with van der Waals surface area (Å²) in [4.78, 5) is 13.0. The van der Waals surface area contributed by atoms with E-state index in [0.717, 1.165) is 50.4 Å². The Bertz CT molecular complexity index is 562. The fourth-order valence-corrected chi connectivity index (χ4v) is 3.76. The smallest absolute Gasteiger partial charge is 0.227 e. The van der Waals surface area contributed by atoms with Gasteiger partial charge in [0.2, 0.25) is 5.91 Å². The van der Waals surface area contributed by atoms with Crippen molar-refractivity contribution < 1.29 is 18.8 Å². The molecule has 1 aromatic heterocycles. The molecule has 2 N–H and O–H groups in total. The summed E-state index contributed by atoms with van der Waals surface area (Å²) in [5.41, 5.74) is 0.501. The molecule has 2 fully saturated rings. The second-order valence-corrected chi connectivity index (χ2v) is 7.32. The van der Waals surface area contributed by atoms with Gasteiger partial charge in [0.1, 0.15) is 5.76 Å². The van der Waals surface area contributed by atoms with Crippen LogP contribution in [0.4, 0.5) is 0 Å². The van der Waals surface area contributed by atoms with Gasteiger partial charge in [0.05, 0.1) is 24.3 Å². The first kappa shape index (κ1) is 18.4. The van der Waals surface area contributed by atoms with E-state index in [1.165, 1.54) is 0 Å². The summed E-state index contributed by atoms with van der Waals surface area (Å²) in [6.45, 7) is 5.63. The monoisotopic (exact) mass is 351 g/mol. The lowest BCUT2D eigenvalue weighted by Gasteiger charge is -2.36. The molecular weight excluding hydrogens is 322 g/mol. The van der Waals surface area contributed by atoms with Crippen LogP contribution < -0.4 is 10.6 Å². The van der Waals surface area contributed by atoms with E-state index in [2.05, 4.69) is 15.8 Å². The van der Waals surface area contributed by atoms with Gasteiger partial charge in [-0.25, -0.2) is 0 Å². The number of methoxy groups -OCH3 is 1. The first-order valence-electron chi connectivity index (χ1n) is 9.17. The molecule has 1 amide bonds. The van der Waals surface area contributed by atoms with E-state index in [0.29, 0.717) is 25.6 Å². The van der Waals surface area contributed by atoms with Gasteiger partial charge in [-0.1, -0.05) is 5.16 Å². The van der Waals surface area contributed by atoms with Gasteiger partial charge in [0.15, 0.2) is 0 Å². The molecule has 7 nitrogen and oxygen atoms in total. The molecule has 0 saturated carbocycles. The Kier molecular flexibility index (Phi) is 6.09. The van der Waals surface area contributed by atoms with Crippen molar-refractivity contribution in [2.75, 3.05) is 40.0 Å². The average Bonchev–Trinajstić information content (AvgIpc) is 3.27. The number of piperidine rings is 1. The lowest BCUT2D eigenvalue weighted by Crippen LogP contribution is -2.51. The van der Waals surface area contributed by atoms with E-state index in [1.54, 1.807) is 7.11 Å². The number of ether oxygens (including phenoxy) is 2. The van der Waals surface area contributed by atoms with Gasteiger partial charge in [-0.2, -0.15) is 0 Å². The summed E-state index contributed by atoms with van der Waals surface area (Å²) in [5, 5.41) is 10.7. The van der Waals surface area contributed by atoms with Crippen LogP contribution in [0.5, 0.6) is 0 Å². The summed E-state index contributed by atoms with van der Waals surface area (Å²) in [5.74, 6) is 1.19. The van der Waals surface area contributed by atoms with Crippen LogP contribution in [0.3, 0.4) is 0 Å². The van der Waals surface area contributed by atoms with Gasteiger partial charge in [-0.3, -0.25) is 4.79 Å². The number of aromatic nitrogens is 1. The number of amides is 1. The van der Waals surface area contributed by atoms with Gasteiger partial charge >= 0.3 is 0 Å². The molecule has 1 aromatic rings. The third-order valence-electron chi connectivity index (χ3n) is 5.27. The van der Waals surface area contributed by atoms with Gasteiger partial charge in [0, 0.05) is 38.2 Å². The van der Waals surface area contributed by atoms with E-state index in [9.17, 15) is 4.79 Å². The van der Waals surface area contributed by atoms with E-state index in [4.69, 9.17) is 14.0 Å². The molecule has 0 spiro atoms. The number of rotatable bonds is 7. The molecule has 2 saturated heterocycles. The number of nitrogens with zero attached hydrogens (tertiary/aromatic N) is 1. The van der Waals surface area contributed by atoms with Crippen molar-refractivity contribution in [1.82, 2.24) is 15.8 Å². The van der Waals surface area contributed by atoms with Crippen LogP contribution in [0, 0.1) is 5.41 Å². The molecule has 7 heteroatoms. The quantitative estimate of drug-likeness (QED) is 0.769. The molecule has 2 aliphatic rings. The molecule has 3 heterocycles. The van der Waals surface area contributed by atoms with Gasteiger partial charge in [0.25, 0.3) is 0 Å². The van der Waals surface area contributed by atoms with Crippen LogP contribution in [0.25, 0.3) is 0 Å². The highest BCUT2D eigenvalue weighted by atomic mass is 16.5. The van der Waals surface area contributed by atoms with Crippen LogP contribution in [-0.4, -0.2) is 57.1 Å². The van der Waals surface area contributed by atoms with Gasteiger partial charge in [-0.15, -0.1) is 0 Å². The highest BCUT2D eigenvalue weighted by Crippen LogP contribution is 2.35. The number of hydrogen-bond acceptors (Lipinski definition) is 6. The Morgan fingerprint density at radius 3 is 3.00 bits per heavy atom. The topological polar surface area (TPSA) is 85.6 Å². The predicted molar refractivity (Wildman–Crippen MR) is 92.4 cm³/mol. The Balaban J connectivity index is 1.70. The third-order valence-corrected chi connectivity index (χ3v) is 5.27. The highest BCUT2D eigenvalue weighted by molar-refractivity contribution is 5.83. The van der Waals surface area contributed by atoms with Gasteiger partial charge in [-0.05, 0) is 39.3 Å². The summed E-state index contributed by atoms with van der Waals surface area (Å²) < 4.78 is 16.1. The van der Waals surface area contributed by atoms with Crippen LogP contribution in [0.1, 0.15) is 43.6 Å². The zero-order chi connectivity index (χ0) is 17.7. The van der Waals surface area contributed by atoms with Crippen molar-refractivity contribution in [1.29, 1.82) is 0 Å². The Hall–Kier alpha value is -1.44. The molecule has 0 aliphatic carbocycles. The van der Waals surface area contributed by atoms with Crippen LogP contribution in [0.15, 0.2) is 10.6 Å². The second-order valence-electron chi connectivity index (χ2n) is 7.32. The normalized spacial score (nSPS) is 24.2. The van der Waals surface area contributed by atoms with Crippen LogP contribution in [0.2, 0.25) is 0 Å². The van der Waals surface area contributed by atoms with E-state index < -0.39 is 5.41 Å². The summed E-state index contributed by atoms with van der Waals surface area (Å²) in [7, 11) is 1.64. The first-order chi connectivity index (χ1) is 12.1. The summed E-state index contributed by atoms with van der Waals surface area (Å²) in [6, 6.07) is 2.00. The largest absolute Gasteiger partial charge is 0.383 e. The average molecular weight is 351 g/mol. The number of hydrogen-bond donors (Lipinski definition) is 2. The van der Waals surface area contributed by atoms with Crippen molar-refractivity contribution in [3.63, 3.8) is 0 Å². The zero-order valence-electron chi connectivity index (χ0n) is 15.2. The van der Waals surface area contributed by atoms with E-state index in [-0.39, 0.29) is 11.9 Å². The number of nitrogens with one attached hydrogen (secondary N) is 2. The second kappa shape index (κ2) is 8.29. The Labute approximate surface area is 148 Å². The third kappa shape index (κ3) is 4.40. The number of carbonyl (C=O) groups excluding carboxylic acids is 1. The number of carbonyl (C=O) groups is 1. The molecule has 0 aromatic carbocycles. The van der Waals surface area contributed by atoms with Crippen molar-refractivity contribution in [3.8, 4) is 0 Å². The molecule has 0 radical (unpaired) electrons. The first-order valence-corrected chi connectivity index (χ1v) is 9.17. The molecule has 2 aliphatic heterocycles. The van der Waals surface area contributed by atoms with Crippen molar-refractivity contribution in [3.05, 3.63) is 17.5 Å². The molecule has 2 atom stereocenters. The molecule has 25 heavy (non-hydrogen) atoms. The zero-order valence-corrected chi connectivity index (χ0v) is 15.2. The molecule has 0 unspecified atom stereocenters. The minimum atomic E-state index is -0.448. The molecule has 3 rings (SSSR count). The minimum Gasteiger partial charge on any atom is -0.383 e. The maximum atomic E-state index is 13.0. The van der Waals surface area contributed by atoms with Crippen LogP contribution >= 0.6 is 0 Å². The Morgan fingerprint density at radius 1 is 1.52 bits per heavy atom. The maximum absolute atomic E-state index is 13.0. The molecule has 140 valence electrons. The van der Waals surface area contributed by atoms with E-state index >= 15 is 0 Å². The van der Waals surface area contributed by atoms with Crippen molar-refractivity contribution >= 4 is 5.91 Å². The SMILES string of the molecule is COC[C@H](C)NC(=O)C1(Cc2cc([C@H]3CCOC3)no2)CCNCC1. The van der Waals surface area contributed by atoms with Crippen molar-refractivity contribution in [2.24, 2.45) is 5.41 Å². The fraction of sp³-hybridized carbons (Fsp3) is 0.778. The van der Waals surface area contributed by atoms with Crippen LogP contribution in [-0.2, 0) is 20.7 Å². The highest BCUT2D eigenvalue weighted by Gasteiger charge is 2.41. The lowest BCUT2D eigenvalue weighted by atomic mass is 9.74. The standard InChI is InChI=1S/C18H29N3O4/c1-13(11-23-2)20-17(22)18(4-6-19-7-5-18)10-15-9-16(21-25-15)14-3-8-24-12-14/h9,13-14,19H,3-8,10-12H2,1-2H3,(H,20,22)/t13-,14-/m0/s1. The maximum Gasteiger partial charge on any atom is 0.227 e. The summed E-state index contributed by atoms with van der Waals surface area (Å²) >= 11 is 0. The Morgan fingerprint density at radius 2 is 2.32 bits per heavy atom. The molecular formula is C18H29N3O4. The minimum absolute atomic E-state index is 0.00909. The predicted octanol–water partition coefficient (Wildman–Crippen LogP) is 1.24. The van der Waals surface area contributed by atoms with Gasteiger partial charge < -0.3 is 24.6 Å². The summed E-state index contributed by atoms with van der Waals surface area (Å²) in [6.07, 6.45) is 3.15.